The number of aliphatic hydroxyl groups is 1. The molecule has 2 aromatic carbocycles. The fourth-order valence-corrected chi connectivity index (χ4v) is 5.82. The first kappa shape index (κ1) is 14.1. The number of fused-ring (bicyclic) bond motifs is 3. The van der Waals surface area contributed by atoms with E-state index in [0.29, 0.717) is 12.0 Å². The van der Waals surface area contributed by atoms with Crippen LogP contribution < -0.4 is 0 Å². The van der Waals surface area contributed by atoms with Crippen molar-refractivity contribution in [3.05, 3.63) is 59.2 Å². The summed E-state index contributed by atoms with van der Waals surface area (Å²) in [4.78, 5) is 5.45. The van der Waals surface area contributed by atoms with Gasteiger partial charge >= 0.3 is 0 Å². The molecule has 118 valence electrons. The Bertz CT molecular complexity index is 759. The molecule has 2 nitrogen and oxygen atoms in total. The maximum Gasteiger partial charge on any atom is 0.0570 e. The van der Waals surface area contributed by atoms with Crippen LogP contribution in [0.4, 0.5) is 0 Å². The van der Waals surface area contributed by atoms with Crippen molar-refractivity contribution in [2.75, 3.05) is 13.1 Å². The lowest BCUT2D eigenvalue weighted by molar-refractivity contribution is 0.0300. The summed E-state index contributed by atoms with van der Waals surface area (Å²) in [6.07, 6.45) is 2.81. The second-order valence-electron chi connectivity index (χ2n) is 7.06. The van der Waals surface area contributed by atoms with Gasteiger partial charge in [-0.2, -0.15) is 0 Å². The van der Waals surface area contributed by atoms with Crippen molar-refractivity contribution in [1.29, 1.82) is 0 Å². The maximum absolute atomic E-state index is 10.1. The largest absolute Gasteiger partial charge is 0.393 e. The molecule has 5 rings (SSSR count). The lowest BCUT2D eigenvalue weighted by Crippen LogP contribution is -2.44. The predicted molar refractivity (Wildman–Crippen MR) is 93.0 cm³/mol. The van der Waals surface area contributed by atoms with E-state index < -0.39 is 0 Å². The Morgan fingerprint density at radius 3 is 2.87 bits per heavy atom. The van der Waals surface area contributed by atoms with Crippen LogP contribution in [0.15, 0.2) is 52.3 Å². The van der Waals surface area contributed by atoms with Crippen LogP contribution in [0, 0.1) is 0 Å². The standard InChI is InChI=1S/C20H21NOS/c22-15-8-9-21-12-14-10-13-4-1-2-6-18(13)23-19-7-3-5-16(20(14)19)17(21)11-15/h1-7,14-15,17,22H,8-12H2/t14-,15+,17-/m1/s1. The van der Waals surface area contributed by atoms with E-state index in [1.807, 2.05) is 11.8 Å². The van der Waals surface area contributed by atoms with Crippen molar-refractivity contribution in [2.24, 2.45) is 0 Å². The van der Waals surface area contributed by atoms with Gasteiger partial charge in [0.1, 0.15) is 0 Å². The molecule has 3 atom stereocenters. The zero-order chi connectivity index (χ0) is 15.4. The summed E-state index contributed by atoms with van der Waals surface area (Å²) in [5.74, 6) is 0.587. The Hall–Kier alpha value is -1.29. The molecule has 3 heterocycles. The second-order valence-corrected chi connectivity index (χ2v) is 8.14. The van der Waals surface area contributed by atoms with E-state index >= 15 is 0 Å². The molecular formula is C20H21NOS. The number of piperidine rings is 1. The summed E-state index contributed by atoms with van der Waals surface area (Å²) in [5, 5.41) is 10.1. The Morgan fingerprint density at radius 2 is 1.91 bits per heavy atom. The zero-order valence-corrected chi connectivity index (χ0v) is 13.9. The van der Waals surface area contributed by atoms with Gasteiger partial charge < -0.3 is 5.11 Å². The molecule has 0 radical (unpaired) electrons. The molecule has 1 fully saturated rings. The van der Waals surface area contributed by atoms with Gasteiger partial charge in [0.05, 0.1) is 6.10 Å². The van der Waals surface area contributed by atoms with Crippen molar-refractivity contribution >= 4 is 11.8 Å². The second kappa shape index (κ2) is 5.37. The van der Waals surface area contributed by atoms with Gasteiger partial charge in [-0.15, -0.1) is 0 Å². The van der Waals surface area contributed by atoms with Crippen LogP contribution in [0.3, 0.4) is 0 Å². The average molecular weight is 323 g/mol. The van der Waals surface area contributed by atoms with Crippen molar-refractivity contribution in [3.8, 4) is 0 Å². The van der Waals surface area contributed by atoms with Gasteiger partial charge in [-0.1, -0.05) is 42.1 Å². The molecule has 2 aromatic rings. The van der Waals surface area contributed by atoms with Gasteiger partial charge in [0.2, 0.25) is 0 Å². The number of hydrogen-bond acceptors (Lipinski definition) is 3. The molecule has 0 amide bonds. The highest BCUT2D eigenvalue weighted by atomic mass is 32.2. The minimum Gasteiger partial charge on any atom is -0.393 e. The van der Waals surface area contributed by atoms with E-state index in [1.54, 1.807) is 5.56 Å². The Labute approximate surface area is 141 Å². The molecular weight excluding hydrogens is 302 g/mol. The molecule has 0 aliphatic carbocycles. The minimum atomic E-state index is -0.140. The van der Waals surface area contributed by atoms with Crippen LogP contribution in [-0.4, -0.2) is 29.2 Å². The van der Waals surface area contributed by atoms with Crippen LogP contribution >= 0.6 is 11.8 Å². The van der Waals surface area contributed by atoms with Gasteiger partial charge in [0, 0.05) is 34.8 Å². The van der Waals surface area contributed by atoms with Crippen molar-refractivity contribution in [1.82, 2.24) is 4.90 Å². The Balaban J connectivity index is 1.66. The molecule has 3 aliphatic heterocycles. The summed E-state index contributed by atoms with van der Waals surface area (Å²) in [7, 11) is 0. The molecule has 0 unspecified atom stereocenters. The van der Waals surface area contributed by atoms with Crippen LogP contribution in [0.1, 0.15) is 41.5 Å². The fourth-order valence-electron chi connectivity index (χ4n) is 4.61. The highest BCUT2D eigenvalue weighted by molar-refractivity contribution is 7.99. The van der Waals surface area contributed by atoms with E-state index in [-0.39, 0.29) is 6.10 Å². The molecule has 0 bridgehead atoms. The summed E-state index contributed by atoms with van der Waals surface area (Å²) in [5.41, 5.74) is 4.52. The Kier molecular flexibility index (Phi) is 3.29. The van der Waals surface area contributed by atoms with E-state index in [4.69, 9.17) is 0 Å². The lowest BCUT2D eigenvalue weighted by Gasteiger charge is -2.45. The molecule has 3 heteroatoms. The van der Waals surface area contributed by atoms with Crippen LogP contribution in [0.5, 0.6) is 0 Å². The van der Waals surface area contributed by atoms with Crippen molar-refractivity contribution < 1.29 is 5.11 Å². The first-order valence-corrected chi connectivity index (χ1v) is 9.42. The molecule has 3 aliphatic rings. The van der Waals surface area contributed by atoms with Crippen LogP contribution in [0.2, 0.25) is 0 Å². The van der Waals surface area contributed by atoms with Gasteiger partial charge in [0.15, 0.2) is 0 Å². The molecule has 0 saturated carbocycles. The molecule has 1 saturated heterocycles. The normalized spacial score (nSPS) is 29.2. The number of benzene rings is 2. The summed E-state index contributed by atoms with van der Waals surface area (Å²) < 4.78 is 0. The average Bonchev–Trinajstić information content (AvgIpc) is 2.73. The van der Waals surface area contributed by atoms with Crippen LogP contribution in [0.25, 0.3) is 0 Å². The SMILES string of the molecule is O[C@H]1CCN2C[C@H]3Cc4ccccc4Sc4cccc(c43)[C@H]2C1. The number of aliphatic hydroxyl groups excluding tert-OH is 1. The third kappa shape index (κ3) is 2.25. The Morgan fingerprint density at radius 1 is 1.04 bits per heavy atom. The smallest absolute Gasteiger partial charge is 0.0570 e. The highest BCUT2D eigenvalue weighted by Crippen LogP contribution is 2.49. The minimum absolute atomic E-state index is 0.140. The molecule has 0 spiro atoms. The van der Waals surface area contributed by atoms with Gasteiger partial charge in [0.25, 0.3) is 0 Å². The zero-order valence-electron chi connectivity index (χ0n) is 13.1. The fraction of sp³-hybridized carbons (Fsp3) is 0.400. The quantitative estimate of drug-likeness (QED) is 0.793. The van der Waals surface area contributed by atoms with Gasteiger partial charge in [-0.05, 0) is 48.1 Å². The van der Waals surface area contributed by atoms with E-state index in [2.05, 4.69) is 47.4 Å². The maximum atomic E-state index is 10.1. The van der Waals surface area contributed by atoms with E-state index in [9.17, 15) is 5.11 Å². The summed E-state index contributed by atoms with van der Waals surface area (Å²) >= 11 is 1.93. The topological polar surface area (TPSA) is 23.5 Å². The molecule has 23 heavy (non-hydrogen) atoms. The summed E-state index contributed by atoms with van der Waals surface area (Å²) in [6, 6.07) is 16.1. The first-order chi connectivity index (χ1) is 11.3. The third-order valence-electron chi connectivity index (χ3n) is 5.67. The number of nitrogens with zero attached hydrogens (tertiary/aromatic N) is 1. The van der Waals surface area contributed by atoms with E-state index in [1.165, 1.54) is 20.9 Å². The molecule has 0 aromatic heterocycles. The molecule has 1 N–H and O–H groups in total. The van der Waals surface area contributed by atoms with Gasteiger partial charge in [-0.3, -0.25) is 4.90 Å². The number of hydrogen-bond donors (Lipinski definition) is 1. The number of rotatable bonds is 0. The predicted octanol–water partition coefficient (Wildman–Crippen LogP) is 3.99. The monoisotopic (exact) mass is 323 g/mol. The van der Waals surface area contributed by atoms with Crippen molar-refractivity contribution in [2.45, 2.75) is 47.1 Å². The highest BCUT2D eigenvalue weighted by Gasteiger charge is 2.39. The first-order valence-electron chi connectivity index (χ1n) is 8.60. The van der Waals surface area contributed by atoms with Crippen LogP contribution in [-0.2, 0) is 6.42 Å². The van der Waals surface area contributed by atoms with Gasteiger partial charge in [-0.25, -0.2) is 0 Å². The summed E-state index contributed by atoms with van der Waals surface area (Å²) in [6.45, 7) is 2.16. The third-order valence-corrected chi connectivity index (χ3v) is 6.86. The van der Waals surface area contributed by atoms with E-state index in [0.717, 1.165) is 32.4 Å². The van der Waals surface area contributed by atoms with Crippen molar-refractivity contribution in [3.63, 3.8) is 0 Å². The lowest BCUT2D eigenvalue weighted by atomic mass is 9.79.